The number of nitrogens with one attached hydrogen (secondary N) is 2. The molecular weight excluding hydrogens is 372 g/mol. The summed E-state index contributed by atoms with van der Waals surface area (Å²) < 4.78 is 38.4. The van der Waals surface area contributed by atoms with E-state index in [1.165, 1.54) is 20.3 Å². The Morgan fingerprint density at radius 1 is 1.27 bits per heavy atom. The molecule has 1 atom stereocenters. The van der Waals surface area contributed by atoms with Crippen LogP contribution < -0.4 is 19.5 Å². The maximum absolute atomic E-state index is 12.5. The summed E-state index contributed by atoms with van der Waals surface area (Å²) in [4.78, 5) is 0.140. The van der Waals surface area contributed by atoms with Crippen LogP contribution in [0.15, 0.2) is 21.5 Å². The Morgan fingerprint density at radius 2 is 1.95 bits per heavy atom. The molecule has 0 radical (unpaired) electrons. The first-order valence-electron chi connectivity index (χ1n) is 7.12. The first-order valence-corrected chi connectivity index (χ1v) is 9.40. The van der Waals surface area contributed by atoms with Crippen LogP contribution >= 0.6 is 15.9 Å². The van der Waals surface area contributed by atoms with Crippen molar-refractivity contribution in [3.63, 3.8) is 0 Å². The molecule has 0 bridgehead atoms. The van der Waals surface area contributed by atoms with Gasteiger partial charge >= 0.3 is 0 Å². The fourth-order valence-corrected chi connectivity index (χ4v) is 4.54. The van der Waals surface area contributed by atoms with E-state index >= 15 is 0 Å². The van der Waals surface area contributed by atoms with Crippen LogP contribution in [0, 0.1) is 0 Å². The van der Waals surface area contributed by atoms with Gasteiger partial charge < -0.3 is 14.8 Å². The van der Waals surface area contributed by atoms with Gasteiger partial charge in [-0.05, 0) is 41.4 Å². The van der Waals surface area contributed by atoms with Gasteiger partial charge in [-0.25, -0.2) is 13.1 Å². The largest absolute Gasteiger partial charge is 0.493 e. The number of rotatable bonds is 6. The van der Waals surface area contributed by atoms with E-state index < -0.39 is 10.0 Å². The number of hydrogen-bond donors (Lipinski definition) is 2. The van der Waals surface area contributed by atoms with Crippen LogP contribution in [-0.2, 0) is 10.0 Å². The molecule has 1 saturated heterocycles. The standard InChI is InChI=1S/C14H21BrN2O4S/c1-20-12-7-11(15)14(8-13(12)21-2)22(18,19)17-9-10-5-3-4-6-16-10/h7-8,10,16-17H,3-6,9H2,1-2H3/t10-/m1/s1. The molecule has 1 aromatic carbocycles. The van der Waals surface area contributed by atoms with Crippen LogP contribution in [0.1, 0.15) is 19.3 Å². The molecule has 1 heterocycles. The smallest absolute Gasteiger partial charge is 0.241 e. The summed E-state index contributed by atoms with van der Waals surface area (Å²) >= 11 is 3.28. The van der Waals surface area contributed by atoms with E-state index in [0.717, 1.165) is 25.8 Å². The third-order valence-electron chi connectivity index (χ3n) is 3.66. The molecule has 22 heavy (non-hydrogen) atoms. The molecule has 0 aliphatic carbocycles. The van der Waals surface area contributed by atoms with Crippen molar-refractivity contribution in [3.8, 4) is 11.5 Å². The van der Waals surface area contributed by atoms with Crippen LogP contribution in [0.2, 0.25) is 0 Å². The highest BCUT2D eigenvalue weighted by atomic mass is 79.9. The number of sulfonamides is 1. The highest BCUT2D eigenvalue weighted by molar-refractivity contribution is 9.10. The number of methoxy groups -OCH3 is 2. The Kier molecular flexibility index (Phi) is 6.08. The van der Waals surface area contributed by atoms with E-state index in [4.69, 9.17) is 9.47 Å². The predicted molar refractivity (Wildman–Crippen MR) is 88.1 cm³/mol. The minimum absolute atomic E-state index is 0.140. The van der Waals surface area contributed by atoms with Crippen LogP contribution in [0.5, 0.6) is 11.5 Å². The average molecular weight is 393 g/mol. The first kappa shape index (κ1) is 17.5. The number of piperidine rings is 1. The van der Waals surface area contributed by atoms with Gasteiger partial charge in [-0.1, -0.05) is 6.42 Å². The zero-order chi connectivity index (χ0) is 16.2. The third-order valence-corrected chi connectivity index (χ3v) is 6.04. The molecule has 0 saturated carbocycles. The average Bonchev–Trinajstić information content (AvgIpc) is 2.53. The topological polar surface area (TPSA) is 76.7 Å². The molecule has 1 aliphatic rings. The fourth-order valence-electron chi connectivity index (χ4n) is 2.43. The van der Waals surface area contributed by atoms with Gasteiger partial charge in [-0.15, -0.1) is 0 Å². The summed E-state index contributed by atoms with van der Waals surface area (Å²) in [5.74, 6) is 0.851. The van der Waals surface area contributed by atoms with Crippen LogP contribution in [0.25, 0.3) is 0 Å². The molecule has 1 aliphatic heterocycles. The minimum Gasteiger partial charge on any atom is -0.493 e. The van der Waals surface area contributed by atoms with Gasteiger partial charge in [-0.3, -0.25) is 0 Å². The zero-order valence-electron chi connectivity index (χ0n) is 12.7. The molecule has 1 fully saturated rings. The fraction of sp³-hybridized carbons (Fsp3) is 0.571. The molecule has 124 valence electrons. The molecular formula is C14H21BrN2O4S. The van der Waals surface area contributed by atoms with E-state index in [0.29, 0.717) is 22.5 Å². The van der Waals surface area contributed by atoms with Crippen molar-refractivity contribution in [3.05, 3.63) is 16.6 Å². The first-order chi connectivity index (χ1) is 10.5. The van der Waals surface area contributed by atoms with E-state index in [2.05, 4.69) is 26.0 Å². The van der Waals surface area contributed by atoms with Gasteiger partial charge in [0.15, 0.2) is 11.5 Å². The van der Waals surface area contributed by atoms with Crippen molar-refractivity contribution in [1.82, 2.24) is 10.0 Å². The zero-order valence-corrected chi connectivity index (χ0v) is 15.1. The summed E-state index contributed by atoms with van der Waals surface area (Å²) in [5, 5.41) is 3.32. The highest BCUT2D eigenvalue weighted by Crippen LogP contribution is 2.35. The van der Waals surface area contributed by atoms with Crippen molar-refractivity contribution in [1.29, 1.82) is 0 Å². The minimum atomic E-state index is -3.62. The summed E-state index contributed by atoms with van der Waals surface area (Å²) in [6, 6.07) is 3.23. The Morgan fingerprint density at radius 3 is 2.55 bits per heavy atom. The maximum Gasteiger partial charge on any atom is 0.241 e. The summed E-state index contributed by atoms with van der Waals surface area (Å²) in [7, 11) is -0.641. The third kappa shape index (κ3) is 4.13. The lowest BCUT2D eigenvalue weighted by molar-refractivity contribution is 0.353. The van der Waals surface area contributed by atoms with Crippen molar-refractivity contribution < 1.29 is 17.9 Å². The van der Waals surface area contributed by atoms with Gasteiger partial charge in [0.05, 0.1) is 14.2 Å². The van der Waals surface area contributed by atoms with Crippen molar-refractivity contribution >= 4 is 26.0 Å². The summed E-state index contributed by atoms with van der Waals surface area (Å²) in [6.45, 7) is 1.32. The Labute approximate surface area is 139 Å². The lowest BCUT2D eigenvalue weighted by Gasteiger charge is -2.23. The van der Waals surface area contributed by atoms with Crippen molar-refractivity contribution in [2.45, 2.75) is 30.2 Å². The molecule has 0 unspecified atom stereocenters. The van der Waals surface area contributed by atoms with Crippen molar-refractivity contribution in [2.24, 2.45) is 0 Å². The molecule has 1 aromatic rings. The second kappa shape index (κ2) is 7.63. The monoisotopic (exact) mass is 392 g/mol. The second-order valence-corrected chi connectivity index (χ2v) is 7.73. The van der Waals surface area contributed by atoms with Gasteiger partial charge in [0.25, 0.3) is 0 Å². The number of benzene rings is 1. The highest BCUT2D eigenvalue weighted by Gasteiger charge is 2.23. The molecule has 8 heteroatoms. The second-order valence-electron chi connectivity index (χ2n) is 5.14. The Hall–Kier alpha value is -0.830. The molecule has 2 N–H and O–H groups in total. The summed E-state index contributed by atoms with van der Waals surface area (Å²) in [6.07, 6.45) is 3.25. The lowest BCUT2D eigenvalue weighted by Crippen LogP contribution is -2.43. The normalized spacial score (nSPS) is 19.0. The van der Waals surface area contributed by atoms with Crippen molar-refractivity contribution in [2.75, 3.05) is 27.3 Å². The number of halogens is 1. The van der Waals surface area contributed by atoms with E-state index in [-0.39, 0.29) is 10.9 Å². The maximum atomic E-state index is 12.5. The number of ether oxygens (including phenoxy) is 2. The Balaban J connectivity index is 2.17. The van der Waals surface area contributed by atoms with Crippen LogP contribution in [0.4, 0.5) is 0 Å². The van der Waals surface area contributed by atoms with Gasteiger partial charge in [-0.2, -0.15) is 0 Å². The van der Waals surface area contributed by atoms with E-state index in [1.807, 2.05) is 0 Å². The quantitative estimate of drug-likeness (QED) is 0.772. The molecule has 6 nitrogen and oxygen atoms in total. The van der Waals surface area contributed by atoms with E-state index in [9.17, 15) is 8.42 Å². The summed E-state index contributed by atoms with van der Waals surface area (Å²) in [5.41, 5.74) is 0. The Bertz CT molecular complexity index is 616. The van der Waals surface area contributed by atoms with Crippen LogP contribution in [0.3, 0.4) is 0 Å². The van der Waals surface area contributed by atoms with E-state index in [1.54, 1.807) is 6.07 Å². The van der Waals surface area contributed by atoms with Gasteiger partial charge in [0.1, 0.15) is 4.90 Å². The van der Waals surface area contributed by atoms with Gasteiger partial charge in [0.2, 0.25) is 10.0 Å². The predicted octanol–water partition coefficient (Wildman–Crippen LogP) is 1.89. The molecule has 0 aromatic heterocycles. The van der Waals surface area contributed by atoms with Gasteiger partial charge in [0, 0.05) is 23.1 Å². The molecule has 0 amide bonds. The molecule has 2 rings (SSSR count). The number of hydrogen-bond acceptors (Lipinski definition) is 5. The lowest BCUT2D eigenvalue weighted by atomic mass is 10.1. The molecule has 0 spiro atoms. The van der Waals surface area contributed by atoms with Crippen LogP contribution in [-0.4, -0.2) is 41.8 Å². The SMILES string of the molecule is COc1cc(Br)c(S(=O)(=O)NC[C@H]2CCCCN2)cc1OC.